The van der Waals surface area contributed by atoms with E-state index in [1.807, 2.05) is 0 Å². The zero-order valence-corrected chi connectivity index (χ0v) is 9.62. The van der Waals surface area contributed by atoms with Crippen LogP contribution in [0.15, 0.2) is 9.98 Å². The van der Waals surface area contributed by atoms with E-state index in [1.54, 1.807) is 0 Å². The molecule has 102 valence electrons. The van der Waals surface area contributed by atoms with Gasteiger partial charge < -0.3 is 20.1 Å². The lowest BCUT2D eigenvalue weighted by molar-refractivity contribution is -0.458. The summed E-state index contributed by atoms with van der Waals surface area (Å²) in [6.07, 6.45) is -2.90. The molecule has 0 aliphatic carbocycles. The van der Waals surface area contributed by atoms with Crippen LogP contribution in [-0.2, 0) is 9.53 Å². The molecule has 0 bridgehead atoms. The van der Waals surface area contributed by atoms with Gasteiger partial charge in [0.15, 0.2) is 0 Å². The number of fused-ring (bicyclic) bond motifs is 1. The number of carbonyl (C=O) groups is 1. The summed E-state index contributed by atoms with van der Waals surface area (Å²) in [5.74, 6) is -1.06. The van der Waals surface area contributed by atoms with Crippen molar-refractivity contribution >= 4 is 24.4 Å². The summed E-state index contributed by atoms with van der Waals surface area (Å²) in [5.41, 5.74) is 0. The Morgan fingerprint density at radius 3 is 3.05 bits per heavy atom. The highest BCUT2D eigenvalue weighted by Crippen LogP contribution is 2.24. The zero-order valence-electron chi connectivity index (χ0n) is 11.6. The van der Waals surface area contributed by atoms with E-state index >= 15 is 0 Å². The first-order valence-electron chi connectivity index (χ1n) is 6.55. The van der Waals surface area contributed by atoms with Crippen LogP contribution in [-0.4, -0.2) is 81.8 Å². The molecular weight excluding hydrogens is 256 g/mol. The smallest absolute Gasteiger partial charge is 0.305 e. The summed E-state index contributed by atoms with van der Waals surface area (Å²) >= 11 is 0. The number of ether oxygens (including phenoxy) is 1. The second-order valence-electron chi connectivity index (χ2n) is 4.23. The van der Waals surface area contributed by atoms with Crippen molar-refractivity contribution in [2.45, 2.75) is 30.6 Å². The Balaban J connectivity index is 1.96. The number of hydrogen-bond donors (Lipinski definition) is 4. The molecule has 3 heterocycles. The molecule has 1 saturated heterocycles. The zero-order chi connectivity index (χ0) is 15.4. The van der Waals surface area contributed by atoms with Crippen LogP contribution in [0, 0.1) is 0 Å². The predicted molar refractivity (Wildman–Crippen MR) is 61.3 cm³/mol. The summed E-state index contributed by atoms with van der Waals surface area (Å²) in [7, 11) is 0. The van der Waals surface area contributed by atoms with Crippen LogP contribution in [0.1, 0.15) is 1.37 Å². The highest BCUT2D eigenvalue weighted by atomic mass is 16.6. The Bertz CT molecular complexity index is 582. The number of nitrogens with one attached hydrogen (secondary N) is 1. The van der Waals surface area contributed by atoms with Gasteiger partial charge in [0, 0.05) is 0 Å². The average Bonchev–Trinajstić information content (AvgIpc) is 2.89. The standard InChI is InChI=1S/C10H12N4O5/c15-1-4-6(16)7(17)10(19-4)14-3-13-5-8(14)11-2-12-9(5)18/h2-7,10,15-17H,1H2/p+1/t4-,5?,6-,7-,10-/m1/s1/i5D/hD. The number of aliphatic hydroxyl groups excluding tert-OH is 3. The van der Waals surface area contributed by atoms with Crippen LogP contribution in [0.25, 0.3) is 0 Å². The van der Waals surface area contributed by atoms with Gasteiger partial charge in [0.25, 0.3) is 11.9 Å². The Kier molecular flexibility index (Phi) is 2.38. The predicted octanol–water partition coefficient (Wildman–Crippen LogP) is -4.81. The number of aliphatic imine (C=N–C) groups is 2. The molecule has 0 spiro atoms. The minimum Gasteiger partial charge on any atom is -0.394 e. The topological polar surface area (TPSA) is 129 Å². The van der Waals surface area contributed by atoms with Crippen LogP contribution in [0.5, 0.6) is 0 Å². The molecule has 3 aliphatic heterocycles. The summed E-state index contributed by atoms with van der Waals surface area (Å²) in [4.78, 5) is 20.6. The molecule has 5 atom stereocenters. The lowest BCUT2D eigenvalue weighted by Crippen LogP contribution is -2.77. The fourth-order valence-electron chi connectivity index (χ4n) is 2.13. The molecule has 0 aromatic heterocycles. The lowest BCUT2D eigenvalue weighted by atomic mass is 10.1. The molecule has 0 aromatic carbocycles. The molecule has 19 heavy (non-hydrogen) atoms. The summed E-state index contributed by atoms with van der Waals surface area (Å²) in [6, 6.07) is -2.15. The number of amides is 1. The van der Waals surface area contributed by atoms with Gasteiger partial charge in [0.2, 0.25) is 12.6 Å². The SMILES string of the molecule is [2H][N+]1=CN([C@@H]2O[C@H](CO)[C@@H](O)[C@H]2O)C2=NC=NC(=O)C21[2H]. The second kappa shape index (κ2) is 4.46. The van der Waals surface area contributed by atoms with Crippen LogP contribution in [0.2, 0.25) is 1.41 Å². The molecule has 1 fully saturated rings. The van der Waals surface area contributed by atoms with E-state index < -0.39 is 43.1 Å². The van der Waals surface area contributed by atoms with Crippen molar-refractivity contribution in [3.8, 4) is 0 Å². The molecule has 9 heteroatoms. The van der Waals surface area contributed by atoms with Crippen LogP contribution in [0.3, 0.4) is 0 Å². The van der Waals surface area contributed by atoms with Crippen LogP contribution < -0.4 is 4.99 Å². The van der Waals surface area contributed by atoms with E-state index in [0.717, 1.165) is 17.6 Å². The van der Waals surface area contributed by atoms with Crippen molar-refractivity contribution in [1.29, 1.82) is 0 Å². The Morgan fingerprint density at radius 1 is 1.58 bits per heavy atom. The number of aliphatic hydroxyl groups is 3. The van der Waals surface area contributed by atoms with Crippen LogP contribution in [0.4, 0.5) is 0 Å². The first-order valence-corrected chi connectivity index (χ1v) is 5.60. The number of amidine groups is 1. The highest BCUT2D eigenvalue weighted by Gasteiger charge is 2.53. The summed E-state index contributed by atoms with van der Waals surface area (Å²) < 4.78 is 21.1. The van der Waals surface area contributed by atoms with Gasteiger partial charge in [-0.25, -0.2) is 0 Å². The second-order valence-corrected chi connectivity index (χ2v) is 4.23. The molecular formula is C10H13N4O5+. The van der Waals surface area contributed by atoms with Crippen molar-refractivity contribution in [1.82, 2.24) is 4.90 Å². The monoisotopic (exact) mass is 271 g/mol. The van der Waals surface area contributed by atoms with Gasteiger partial charge in [-0.15, -0.1) is 0 Å². The van der Waals surface area contributed by atoms with Gasteiger partial charge in [0.1, 0.15) is 26.0 Å². The number of carbonyl (C=O) groups excluding carboxylic acids is 1. The molecule has 9 nitrogen and oxygen atoms in total. The Morgan fingerprint density at radius 2 is 2.37 bits per heavy atom. The van der Waals surface area contributed by atoms with Crippen molar-refractivity contribution < 1.29 is 32.6 Å². The van der Waals surface area contributed by atoms with Crippen molar-refractivity contribution in [2.24, 2.45) is 9.98 Å². The summed E-state index contributed by atoms with van der Waals surface area (Å²) in [6.45, 7) is -0.508. The van der Waals surface area contributed by atoms with Gasteiger partial charge in [0.05, 0.1) is 6.61 Å². The maximum Gasteiger partial charge on any atom is 0.305 e. The average molecular weight is 271 g/mol. The minimum atomic E-state index is -2.15. The van der Waals surface area contributed by atoms with Crippen LogP contribution >= 0.6 is 0 Å². The van der Waals surface area contributed by atoms with E-state index in [0.29, 0.717) is 4.99 Å². The quantitative estimate of drug-likeness (QED) is 0.399. The first kappa shape index (κ1) is 10.1. The third kappa shape index (κ3) is 1.78. The normalized spacial score (nSPS) is 46.7. The Hall–Kier alpha value is -1.68. The highest BCUT2D eigenvalue weighted by molar-refractivity contribution is 6.16. The van der Waals surface area contributed by atoms with E-state index in [2.05, 4.69) is 9.98 Å². The fraction of sp³-hybridized carbons (Fsp3) is 0.600. The third-order valence-electron chi connectivity index (χ3n) is 3.12. The van der Waals surface area contributed by atoms with Gasteiger partial charge >= 0.3 is 7.32 Å². The van der Waals surface area contributed by atoms with E-state index in [4.69, 9.17) is 12.6 Å². The molecule has 0 radical (unpaired) electrons. The van der Waals surface area contributed by atoms with E-state index in [9.17, 15) is 15.0 Å². The maximum absolute atomic E-state index is 11.8. The van der Waals surface area contributed by atoms with Gasteiger partial charge in [-0.3, -0.25) is 9.78 Å². The molecule has 4 N–H and O–H groups in total. The first-order chi connectivity index (χ1) is 9.91. The third-order valence-corrected chi connectivity index (χ3v) is 3.12. The maximum atomic E-state index is 11.8. The van der Waals surface area contributed by atoms with E-state index in [-0.39, 0.29) is 5.84 Å². The largest absolute Gasteiger partial charge is 0.394 e. The van der Waals surface area contributed by atoms with Gasteiger partial charge in [-0.2, -0.15) is 14.9 Å². The van der Waals surface area contributed by atoms with Crippen molar-refractivity contribution in [3.05, 3.63) is 0 Å². The molecule has 1 amide bonds. The molecule has 0 saturated carbocycles. The number of rotatable bonds is 2. The molecule has 1 unspecified atom stereocenters. The lowest BCUT2D eigenvalue weighted by Gasteiger charge is -2.20. The number of nitrogens with zero attached hydrogens (tertiary/aromatic N) is 3. The van der Waals surface area contributed by atoms with Gasteiger partial charge in [-0.05, 0) is 0 Å². The van der Waals surface area contributed by atoms with Crippen molar-refractivity contribution in [3.63, 3.8) is 0 Å². The van der Waals surface area contributed by atoms with Crippen molar-refractivity contribution in [2.75, 3.05) is 6.61 Å². The fourth-order valence-corrected chi connectivity index (χ4v) is 2.13. The van der Waals surface area contributed by atoms with Gasteiger partial charge in [-0.1, -0.05) is 0 Å². The molecule has 3 rings (SSSR count). The minimum absolute atomic E-state index is 0.160. The Labute approximate surface area is 110 Å². The summed E-state index contributed by atoms with van der Waals surface area (Å²) in [5, 5.41) is 28.8. The van der Waals surface area contributed by atoms with E-state index in [1.165, 1.54) is 0 Å². The molecule has 3 aliphatic rings. The number of hydrogen-bond acceptors (Lipinski definition) is 7. The molecule has 0 aromatic rings.